The number of benzene rings is 1. The van der Waals surface area contributed by atoms with Gasteiger partial charge in [0.1, 0.15) is 0 Å². The molecular formula is C11H10N2O3S. The van der Waals surface area contributed by atoms with Crippen LogP contribution in [0.1, 0.15) is 11.4 Å². The molecule has 1 aromatic heterocycles. The molecular weight excluding hydrogens is 240 g/mol. The predicted octanol–water partition coefficient (Wildman–Crippen LogP) is 1.99. The summed E-state index contributed by atoms with van der Waals surface area (Å²) in [6, 6.07) is 7.41. The summed E-state index contributed by atoms with van der Waals surface area (Å²) in [7, 11) is 0. The molecule has 1 aromatic carbocycles. The Kier molecular flexibility index (Phi) is 3.77. The monoisotopic (exact) mass is 250 g/mol. The van der Waals surface area contributed by atoms with Gasteiger partial charge in [-0.2, -0.15) is 4.98 Å². The van der Waals surface area contributed by atoms with E-state index in [4.69, 9.17) is 5.11 Å². The Bertz CT molecular complexity index is 482. The number of aliphatic carboxylic acids is 1. The van der Waals surface area contributed by atoms with Crippen LogP contribution in [0.3, 0.4) is 0 Å². The van der Waals surface area contributed by atoms with Gasteiger partial charge in [-0.05, 0) is 17.7 Å². The Morgan fingerprint density at radius 1 is 1.35 bits per heavy atom. The summed E-state index contributed by atoms with van der Waals surface area (Å²) in [5.74, 6) is 0.455. The van der Waals surface area contributed by atoms with Crippen molar-refractivity contribution in [1.29, 1.82) is 0 Å². The van der Waals surface area contributed by atoms with Crippen LogP contribution in [0.15, 0.2) is 40.1 Å². The maximum atomic E-state index is 10.5. The molecule has 0 saturated heterocycles. The quantitative estimate of drug-likeness (QED) is 0.818. The van der Waals surface area contributed by atoms with Gasteiger partial charge in [0.05, 0.1) is 12.2 Å². The van der Waals surface area contributed by atoms with Crippen LogP contribution in [0.4, 0.5) is 0 Å². The third kappa shape index (κ3) is 3.60. The third-order valence-corrected chi connectivity index (χ3v) is 3.06. The molecule has 0 bridgehead atoms. The Hall–Kier alpha value is -1.82. The van der Waals surface area contributed by atoms with E-state index in [9.17, 15) is 4.79 Å². The number of hydrogen-bond donors (Lipinski definition) is 1. The fourth-order valence-electron chi connectivity index (χ4n) is 1.28. The van der Waals surface area contributed by atoms with Crippen LogP contribution >= 0.6 is 11.8 Å². The van der Waals surface area contributed by atoms with Crippen LogP contribution in [-0.2, 0) is 17.0 Å². The second-order valence-corrected chi connectivity index (χ2v) is 4.40. The molecule has 0 aliphatic heterocycles. The third-order valence-electron chi connectivity index (χ3n) is 2.05. The zero-order chi connectivity index (χ0) is 12.1. The lowest BCUT2D eigenvalue weighted by Crippen LogP contribution is -1.99. The van der Waals surface area contributed by atoms with Crippen LogP contribution in [0.25, 0.3) is 0 Å². The van der Waals surface area contributed by atoms with Crippen LogP contribution in [0.2, 0.25) is 0 Å². The molecule has 0 amide bonds. The largest absolute Gasteiger partial charge is 0.481 e. The number of carboxylic acids is 1. The summed E-state index contributed by atoms with van der Waals surface area (Å²) in [4.78, 5) is 15.5. The molecule has 1 heterocycles. The van der Waals surface area contributed by atoms with Crippen molar-refractivity contribution >= 4 is 17.7 Å². The van der Waals surface area contributed by atoms with E-state index in [2.05, 4.69) is 14.7 Å². The Morgan fingerprint density at radius 2 is 2.12 bits per heavy atom. The first-order valence-corrected chi connectivity index (χ1v) is 5.91. The molecule has 88 valence electrons. The molecule has 0 fully saturated rings. The summed E-state index contributed by atoms with van der Waals surface area (Å²) >= 11 is 1.57. The minimum absolute atomic E-state index is 0.0514. The first-order chi connectivity index (χ1) is 8.24. The van der Waals surface area contributed by atoms with Gasteiger partial charge in [0.25, 0.3) is 0 Å². The van der Waals surface area contributed by atoms with Crippen LogP contribution in [-0.4, -0.2) is 21.2 Å². The van der Waals surface area contributed by atoms with Gasteiger partial charge in [0, 0.05) is 4.90 Å². The molecule has 2 aromatic rings. The number of rotatable bonds is 5. The lowest BCUT2D eigenvalue weighted by atomic mass is 10.2. The highest BCUT2D eigenvalue weighted by atomic mass is 32.2. The molecule has 0 saturated carbocycles. The maximum Gasteiger partial charge on any atom is 0.307 e. The van der Waals surface area contributed by atoms with Crippen molar-refractivity contribution in [2.45, 2.75) is 17.1 Å². The van der Waals surface area contributed by atoms with Gasteiger partial charge in [-0.1, -0.05) is 17.3 Å². The topological polar surface area (TPSA) is 76.2 Å². The van der Waals surface area contributed by atoms with E-state index in [1.165, 1.54) is 6.39 Å². The van der Waals surface area contributed by atoms with Gasteiger partial charge >= 0.3 is 5.97 Å². The maximum absolute atomic E-state index is 10.5. The van der Waals surface area contributed by atoms with Crippen LogP contribution in [0.5, 0.6) is 0 Å². The Labute approximate surface area is 102 Å². The molecule has 0 spiro atoms. The van der Waals surface area contributed by atoms with Gasteiger partial charge in [0.15, 0.2) is 5.82 Å². The molecule has 0 unspecified atom stereocenters. The second kappa shape index (κ2) is 5.49. The molecule has 0 radical (unpaired) electrons. The highest BCUT2D eigenvalue weighted by Crippen LogP contribution is 2.21. The average Bonchev–Trinajstić information content (AvgIpc) is 2.80. The second-order valence-electron chi connectivity index (χ2n) is 3.35. The predicted molar refractivity (Wildman–Crippen MR) is 61.6 cm³/mol. The standard InChI is InChI=1S/C11H10N2O3S/c14-11(15)5-8-1-3-9(4-2-8)17-6-10-12-7-16-13-10/h1-4,7H,5-6H2,(H,14,15). The van der Waals surface area contributed by atoms with Crippen LogP contribution in [0, 0.1) is 0 Å². The molecule has 17 heavy (non-hydrogen) atoms. The molecule has 6 heteroatoms. The van der Waals surface area contributed by atoms with E-state index < -0.39 is 5.97 Å². The number of thioether (sulfide) groups is 1. The lowest BCUT2D eigenvalue weighted by molar-refractivity contribution is -0.136. The zero-order valence-electron chi connectivity index (χ0n) is 8.87. The average molecular weight is 250 g/mol. The van der Waals surface area contributed by atoms with E-state index in [0.29, 0.717) is 11.6 Å². The highest BCUT2D eigenvalue weighted by Gasteiger charge is 2.02. The van der Waals surface area contributed by atoms with Crippen molar-refractivity contribution < 1.29 is 14.4 Å². The zero-order valence-corrected chi connectivity index (χ0v) is 9.68. The van der Waals surface area contributed by atoms with E-state index in [1.807, 2.05) is 24.3 Å². The SMILES string of the molecule is O=C(O)Cc1ccc(SCc2ncon2)cc1. The molecule has 0 aliphatic rings. The molecule has 1 N–H and O–H groups in total. The van der Waals surface area contributed by atoms with Crippen molar-refractivity contribution in [1.82, 2.24) is 10.1 Å². The van der Waals surface area contributed by atoms with Crippen molar-refractivity contribution in [2.75, 3.05) is 0 Å². The summed E-state index contributed by atoms with van der Waals surface area (Å²) in [5.41, 5.74) is 0.793. The van der Waals surface area contributed by atoms with Crippen molar-refractivity contribution in [3.05, 3.63) is 42.0 Å². The summed E-state index contributed by atoms with van der Waals surface area (Å²) < 4.78 is 4.63. The van der Waals surface area contributed by atoms with Gasteiger partial charge in [-0.25, -0.2) is 0 Å². The molecule has 0 aliphatic carbocycles. The smallest absolute Gasteiger partial charge is 0.307 e. The van der Waals surface area contributed by atoms with Crippen molar-refractivity contribution in [3.63, 3.8) is 0 Å². The van der Waals surface area contributed by atoms with Crippen LogP contribution < -0.4 is 0 Å². The van der Waals surface area contributed by atoms with Gasteiger partial charge in [-0.3, -0.25) is 4.79 Å². The lowest BCUT2D eigenvalue weighted by Gasteiger charge is -2.00. The van der Waals surface area contributed by atoms with E-state index in [1.54, 1.807) is 11.8 Å². The summed E-state index contributed by atoms with van der Waals surface area (Å²) in [6.45, 7) is 0. The van der Waals surface area contributed by atoms with Gasteiger partial charge in [-0.15, -0.1) is 11.8 Å². The Balaban J connectivity index is 1.91. The first-order valence-electron chi connectivity index (χ1n) is 4.93. The first kappa shape index (κ1) is 11.7. The fourth-order valence-corrected chi connectivity index (χ4v) is 2.03. The molecule has 2 rings (SSSR count). The Morgan fingerprint density at radius 3 is 2.71 bits per heavy atom. The van der Waals surface area contributed by atoms with Gasteiger partial charge < -0.3 is 9.63 Å². The normalized spacial score (nSPS) is 10.4. The number of carboxylic acid groups (broad SMARTS) is 1. The van der Waals surface area contributed by atoms with E-state index in [0.717, 1.165) is 10.5 Å². The summed E-state index contributed by atoms with van der Waals surface area (Å²) in [5, 5.41) is 12.3. The number of nitrogens with zero attached hydrogens (tertiary/aromatic N) is 2. The highest BCUT2D eigenvalue weighted by molar-refractivity contribution is 7.98. The van der Waals surface area contributed by atoms with E-state index in [-0.39, 0.29) is 6.42 Å². The molecule has 5 nitrogen and oxygen atoms in total. The summed E-state index contributed by atoms with van der Waals surface area (Å²) in [6.07, 6.45) is 1.35. The number of aromatic nitrogens is 2. The minimum Gasteiger partial charge on any atom is -0.481 e. The van der Waals surface area contributed by atoms with E-state index >= 15 is 0 Å². The molecule has 0 atom stereocenters. The minimum atomic E-state index is -0.822. The van der Waals surface area contributed by atoms with Gasteiger partial charge in [0.2, 0.25) is 6.39 Å². The van der Waals surface area contributed by atoms with Crippen molar-refractivity contribution in [2.24, 2.45) is 0 Å². The fraction of sp³-hybridized carbons (Fsp3) is 0.182. The van der Waals surface area contributed by atoms with Crippen molar-refractivity contribution in [3.8, 4) is 0 Å². The number of hydrogen-bond acceptors (Lipinski definition) is 5. The number of carbonyl (C=O) groups is 1.